The molecule has 0 saturated heterocycles. The van der Waals surface area contributed by atoms with Crippen LogP contribution in [-0.4, -0.2) is 5.78 Å². The van der Waals surface area contributed by atoms with Crippen molar-refractivity contribution in [2.24, 2.45) is 5.92 Å². The van der Waals surface area contributed by atoms with Gasteiger partial charge < -0.3 is 0 Å². The normalized spacial score (nSPS) is 14.9. The lowest BCUT2D eigenvalue weighted by molar-refractivity contribution is 0.0971. The van der Waals surface area contributed by atoms with Crippen LogP contribution in [0.2, 0.25) is 0 Å². The van der Waals surface area contributed by atoms with Crippen molar-refractivity contribution in [3.05, 3.63) is 44.8 Å². The van der Waals surface area contributed by atoms with E-state index < -0.39 is 0 Å². The quantitative estimate of drug-likeness (QED) is 0.581. The first-order valence-corrected chi connectivity index (χ1v) is 7.53. The lowest BCUT2D eigenvalue weighted by Crippen LogP contribution is -1.96. The summed E-state index contributed by atoms with van der Waals surface area (Å²) in [5.41, 5.74) is 1.21. The van der Waals surface area contributed by atoms with Crippen LogP contribution in [0.15, 0.2) is 36.4 Å². The summed E-state index contributed by atoms with van der Waals surface area (Å²) < 4.78 is 1.23. The van der Waals surface area contributed by atoms with Gasteiger partial charge in [0.2, 0.25) is 0 Å². The highest BCUT2D eigenvalue weighted by Crippen LogP contribution is 2.36. The fourth-order valence-electron chi connectivity index (χ4n) is 1.81. The Bertz CT molecular complexity index is 569. The molecule has 1 aliphatic carbocycles. The highest BCUT2D eigenvalue weighted by Gasteiger charge is 2.31. The molecule has 0 aliphatic heterocycles. The molecule has 1 saturated carbocycles. The largest absolute Gasteiger partial charge is 0.293 e. The highest BCUT2D eigenvalue weighted by atomic mass is 127. The molecule has 0 bridgehead atoms. The highest BCUT2D eigenvalue weighted by molar-refractivity contribution is 14.1. The number of benzene rings is 1. The van der Waals surface area contributed by atoms with Crippen LogP contribution < -0.4 is 0 Å². The number of thiophene rings is 1. The Morgan fingerprint density at radius 3 is 2.76 bits per heavy atom. The predicted molar refractivity (Wildman–Crippen MR) is 79.5 cm³/mol. The molecular weight excluding hydrogens is 343 g/mol. The first-order valence-electron chi connectivity index (χ1n) is 5.64. The van der Waals surface area contributed by atoms with Gasteiger partial charge in [-0.05, 0) is 65.3 Å². The van der Waals surface area contributed by atoms with Gasteiger partial charge in [-0.15, -0.1) is 11.3 Å². The van der Waals surface area contributed by atoms with Crippen molar-refractivity contribution in [3.63, 3.8) is 0 Å². The first-order chi connectivity index (χ1) is 8.24. The van der Waals surface area contributed by atoms with E-state index in [1.807, 2.05) is 6.07 Å². The van der Waals surface area contributed by atoms with Gasteiger partial charge in [0, 0.05) is 14.4 Å². The molecule has 1 aliphatic rings. The zero-order valence-corrected chi connectivity index (χ0v) is 12.1. The average molecular weight is 354 g/mol. The summed E-state index contributed by atoms with van der Waals surface area (Å²) in [6.45, 7) is 0. The van der Waals surface area contributed by atoms with E-state index in [-0.39, 0.29) is 0 Å². The maximum Gasteiger partial charge on any atom is 0.175 e. The predicted octanol–water partition coefficient (Wildman–Crippen LogP) is 4.61. The van der Waals surface area contributed by atoms with E-state index in [2.05, 4.69) is 52.9 Å². The second kappa shape index (κ2) is 4.53. The molecule has 2 aromatic rings. The average Bonchev–Trinajstić information content (AvgIpc) is 3.05. The summed E-state index contributed by atoms with van der Waals surface area (Å²) in [5.74, 6) is 0.657. The van der Waals surface area contributed by atoms with Crippen LogP contribution in [0.5, 0.6) is 0 Å². The van der Waals surface area contributed by atoms with E-state index in [0.29, 0.717) is 11.7 Å². The van der Waals surface area contributed by atoms with E-state index in [9.17, 15) is 4.79 Å². The van der Waals surface area contributed by atoms with Crippen molar-refractivity contribution in [1.82, 2.24) is 0 Å². The lowest BCUT2D eigenvalue weighted by atomic mass is 10.2. The molecule has 0 spiro atoms. The molecule has 0 unspecified atom stereocenters. The van der Waals surface area contributed by atoms with E-state index in [1.54, 1.807) is 11.3 Å². The van der Waals surface area contributed by atoms with Gasteiger partial charge in [-0.25, -0.2) is 0 Å². The summed E-state index contributed by atoms with van der Waals surface area (Å²) in [6.07, 6.45) is 2.16. The van der Waals surface area contributed by atoms with Crippen molar-refractivity contribution in [2.45, 2.75) is 12.8 Å². The molecule has 3 heteroatoms. The first kappa shape index (κ1) is 11.4. The van der Waals surface area contributed by atoms with E-state index in [4.69, 9.17) is 0 Å². The van der Waals surface area contributed by atoms with Gasteiger partial charge in [0.15, 0.2) is 5.78 Å². The minimum absolute atomic E-state index is 0.317. The number of carbonyl (C=O) groups is 1. The lowest BCUT2D eigenvalue weighted by Gasteiger charge is -1.97. The SMILES string of the molecule is O=C(c1ccc(-c2cccc(I)c2)s1)C1CC1. The van der Waals surface area contributed by atoms with E-state index in [1.165, 1.54) is 14.0 Å². The van der Waals surface area contributed by atoms with Crippen LogP contribution in [0.1, 0.15) is 22.5 Å². The van der Waals surface area contributed by atoms with Crippen molar-refractivity contribution >= 4 is 39.7 Å². The zero-order valence-electron chi connectivity index (χ0n) is 9.15. The molecule has 3 rings (SSSR count). The Balaban J connectivity index is 1.91. The molecule has 0 amide bonds. The third-order valence-corrected chi connectivity index (χ3v) is 4.73. The Hall–Kier alpha value is -0.680. The molecule has 1 nitrogen and oxygen atoms in total. The van der Waals surface area contributed by atoms with Crippen LogP contribution in [-0.2, 0) is 0 Å². The Labute approximate surface area is 118 Å². The number of hydrogen-bond donors (Lipinski definition) is 0. The van der Waals surface area contributed by atoms with Crippen molar-refractivity contribution in [1.29, 1.82) is 0 Å². The Morgan fingerprint density at radius 1 is 1.24 bits per heavy atom. The third kappa shape index (κ3) is 2.45. The number of halogens is 1. The summed E-state index contributed by atoms with van der Waals surface area (Å²) in [6, 6.07) is 12.4. The van der Waals surface area contributed by atoms with Crippen molar-refractivity contribution in [3.8, 4) is 10.4 Å². The summed E-state index contributed by atoms with van der Waals surface area (Å²) >= 11 is 3.93. The van der Waals surface area contributed by atoms with Crippen LogP contribution in [0.4, 0.5) is 0 Å². The minimum Gasteiger partial charge on any atom is -0.293 e. The molecule has 1 fully saturated rings. The molecule has 86 valence electrons. The minimum atomic E-state index is 0.317. The number of Topliss-reactive ketones (excluding diaryl/α,β-unsaturated/α-hetero) is 1. The molecular formula is C14H11IOS. The van der Waals surface area contributed by atoms with Gasteiger partial charge in [0.25, 0.3) is 0 Å². The fourth-order valence-corrected chi connectivity index (χ4v) is 3.38. The second-order valence-corrected chi connectivity index (χ2v) is 6.64. The standard InChI is InChI=1S/C14H11IOS/c15-11-3-1-2-10(8-11)12-6-7-13(17-12)14(16)9-4-5-9/h1-3,6-9H,4-5H2. The third-order valence-electron chi connectivity index (χ3n) is 2.91. The molecule has 1 aromatic heterocycles. The number of rotatable bonds is 3. The van der Waals surface area contributed by atoms with Gasteiger partial charge in [-0.1, -0.05) is 12.1 Å². The van der Waals surface area contributed by atoms with Gasteiger partial charge in [0.1, 0.15) is 0 Å². The molecule has 0 radical (unpaired) electrons. The van der Waals surface area contributed by atoms with Crippen LogP contribution in [0.25, 0.3) is 10.4 Å². The molecule has 0 atom stereocenters. The van der Waals surface area contributed by atoms with E-state index >= 15 is 0 Å². The van der Waals surface area contributed by atoms with Crippen molar-refractivity contribution in [2.75, 3.05) is 0 Å². The van der Waals surface area contributed by atoms with E-state index in [0.717, 1.165) is 17.7 Å². The summed E-state index contributed by atoms with van der Waals surface area (Å²) in [7, 11) is 0. The number of ketones is 1. The molecule has 17 heavy (non-hydrogen) atoms. The fraction of sp³-hybridized carbons (Fsp3) is 0.214. The monoisotopic (exact) mass is 354 g/mol. The molecule has 0 N–H and O–H groups in total. The smallest absolute Gasteiger partial charge is 0.175 e. The second-order valence-electron chi connectivity index (χ2n) is 4.31. The summed E-state index contributed by atoms with van der Waals surface area (Å²) in [4.78, 5) is 14.0. The maximum absolute atomic E-state index is 11.9. The summed E-state index contributed by atoms with van der Waals surface area (Å²) in [5, 5.41) is 0. The van der Waals surface area contributed by atoms with Gasteiger partial charge in [0.05, 0.1) is 4.88 Å². The van der Waals surface area contributed by atoms with Gasteiger partial charge >= 0.3 is 0 Å². The maximum atomic E-state index is 11.9. The topological polar surface area (TPSA) is 17.1 Å². The molecule has 1 heterocycles. The Morgan fingerprint density at radius 2 is 2.06 bits per heavy atom. The number of hydrogen-bond acceptors (Lipinski definition) is 2. The zero-order chi connectivity index (χ0) is 11.8. The van der Waals surface area contributed by atoms with Crippen LogP contribution >= 0.6 is 33.9 Å². The van der Waals surface area contributed by atoms with Crippen molar-refractivity contribution < 1.29 is 4.79 Å². The number of carbonyl (C=O) groups excluding carboxylic acids is 1. The van der Waals surface area contributed by atoms with Gasteiger partial charge in [-0.2, -0.15) is 0 Å². The van der Waals surface area contributed by atoms with Gasteiger partial charge in [-0.3, -0.25) is 4.79 Å². The molecule has 1 aromatic carbocycles. The van der Waals surface area contributed by atoms with Crippen LogP contribution in [0.3, 0.4) is 0 Å². The Kier molecular flexibility index (Phi) is 3.04. The van der Waals surface area contributed by atoms with Crippen LogP contribution in [0, 0.1) is 9.49 Å².